The van der Waals surface area contributed by atoms with Gasteiger partial charge in [0.05, 0.1) is 12.8 Å². The summed E-state index contributed by atoms with van der Waals surface area (Å²) >= 11 is 0. The maximum Gasteiger partial charge on any atom is 6.00 e. The number of carbonyl (C=O) groups excluding carboxylic acids is 6. The Morgan fingerprint density at radius 3 is 0.905 bits per heavy atom. The zero-order chi connectivity index (χ0) is 14.9. The summed E-state index contributed by atoms with van der Waals surface area (Å²) in [6.45, 7) is 2.28. The van der Waals surface area contributed by atoms with Crippen molar-refractivity contribution in [2.45, 2.75) is 26.7 Å². The van der Waals surface area contributed by atoms with Gasteiger partial charge in [-0.3, -0.25) is 19.2 Å². The van der Waals surface area contributed by atoms with Gasteiger partial charge in [-0.15, -0.1) is 0 Å². The number of hydrogen-bond donors (Lipinski definition) is 0. The van der Waals surface area contributed by atoms with Gasteiger partial charge in [-0.05, 0) is 13.8 Å². The number of rotatable bonds is 6. The van der Waals surface area contributed by atoms with Crippen LogP contribution in [0.5, 0.6) is 0 Å². The Morgan fingerprint density at radius 1 is 0.667 bits per heavy atom. The van der Waals surface area contributed by atoms with Crippen molar-refractivity contribution < 1.29 is 71.0 Å². The molecule has 21 heavy (non-hydrogen) atoms. The number of carboxylic acids is 2. The summed E-state index contributed by atoms with van der Waals surface area (Å²) < 4.78 is 0. The van der Waals surface area contributed by atoms with Crippen LogP contribution in [0.1, 0.15) is 26.7 Å². The van der Waals surface area contributed by atoms with E-state index in [0.717, 1.165) is 13.8 Å². The minimum Gasteiger partial charge on any atom is -2.00 e. The maximum atomic E-state index is 10.1. The predicted molar refractivity (Wildman–Crippen MR) is 52.0 cm³/mol. The maximum absolute atomic E-state index is 10.1. The predicted octanol–water partition coefficient (Wildman–Crippen LogP) is -3.67. The number of ketones is 4. The van der Waals surface area contributed by atoms with Crippen LogP contribution in [-0.4, -0.2) is 35.1 Å². The normalized spacial score (nSPS) is 7.33. The van der Waals surface area contributed by atoms with Gasteiger partial charge in [0.1, 0.15) is 23.5 Å². The molecule has 0 atom stereocenters. The summed E-state index contributed by atoms with van der Waals surface area (Å²) in [6, 6.07) is 0. The molecule has 0 aliphatic carbocycles. The first kappa shape index (κ1) is 31.6. The molecule has 0 saturated heterocycles. The van der Waals surface area contributed by atoms with Crippen molar-refractivity contribution in [1.29, 1.82) is 0 Å². The van der Waals surface area contributed by atoms with Crippen molar-refractivity contribution in [1.82, 2.24) is 0 Å². The molecule has 11 heteroatoms. The van der Waals surface area contributed by atoms with Gasteiger partial charge < -0.3 is 30.8 Å². The van der Waals surface area contributed by atoms with Gasteiger partial charge in [-0.2, -0.15) is 0 Å². The van der Waals surface area contributed by atoms with Gasteiger partial charge in [0, 0.05) is 0 Å². The SMILES string of the molecule is CC(=O)CC(=O)C(=O)[O-].CC(=O)CC(=O)C(=O)[O-].[Mo+6].[O-2].[O-2]. The van der Waals surface area contributed by atoms with Crippen LogP contribution < -0.4 is 10.2 Å². The van der Waals surface area contributed by atoms with E-state index in [1.54, 1.807) is 0 Å². The molecule has 10 nitrogen and oxygen atoms in total. The van der Waals surface area contributed by atoms with Crippen LogP contribution in [0.4, 0.5) is 0 Å². The number of Topliss-reactive ketones (excluding diaryl/α,β-unsaturated/α-hetero) is 4. The fraction of sp³-hybridized carbons (Fsp3) is 0.400. The molecule has 0 aliphatic rings. The smallest absolute Gasteiger partial charge is 2.00 e. The van der Waals surface area contributed by atoms with E-state index in [1.165, 1.54) is 0 Å². The van der Waals surface area contributed by atoms with E-state index in [1.807, 2.05) is 0 Å². The van der Waals surface area contributed by atoms with E-state index in [9.17, 15) is 39.0 Å². The van der Waals surface area contributed by atoms with Gasteiger partial charge in [0.15, 0.2) is 11.6 Å². The molecular formula is C10H10MoO10. The largest absolute Gasteiger partial charge is 6.00 e. The summed E-state index contributed by atoms with van der Waals surface area (Å²) in [7, 11) is 0. The van der Waals surface area contributed by atoms with Gasteiger partial charge in [0.2, 0.25) is 0 Å². The van der Waals surface area contributed by atoms with Crippen molar-refractivity contribution in [3.8, 4) is 0 Å². The Morgan fingerprint density at radius 2 is 0.857 bits per heavy atom. The Labute approximate surface area is 133 Å². The zero-order valence-corrected chi connectivity index (χ0v) is 12.9. The van der Waals surface area contributed by atoms with E-state index < -0.39 is 47.9 Å². The molecule has 0 amide bonds. The molecule has 0 aliphatic heterocycles. The molecule has 0 rings (SSSR count). The summed E-state index contributed by atoms with van der Waals surface area (Å²) in [5.41, 5.74) is 0. The third kappa shape index (κ3) is 23.7. The molecule has 0 N–H and O–H groups in total. The number of hydrogen-bond acceptors (Lipinski definition) is 8. The molecule has 0 spiro atoms. The Hall–Kier alpha value is -1.77. The van der Waals surface area contributed by atoms with E-state index in [-0.39, 0.29) is 32.0 Å². The van der Waals surface area contributed by atoms with Gasteiger partial charge in [-0.1, -0.05) is 0 Å². The molecule has 0 aromatic rings. The molecule has 116 valence electrons. The molecule has 0 saturated carbocycles. The van der Waals surface area contributed by atoms with Crippen LogP contribution in [-0.2, 0) is 60.8 Å². The van der Waals surface area contributed by atoms with Crippen LogP contribution in [0.3, 0.4) is 0 Å². The quantitative estimate of drug-likeness (QED) is 0.252. The standard InChI is InChI=1S/2C5H6O4.Mo.2O/c2*1-3(6)2-4(7)5(8)9;;;/h2*2H2,1H3,(H,8,9);;;/q;;+6;2*-2/p-2. The number of aliphatic carboxylic acids is 2. The third-order valence-electron chi connectivity index (χ3n) is 1.27. The Kier molecular flexibility index (Phi) is 24.5. The van der Waals surface area contributed by atoms with Gasteiger partial charge >= 0.3 is 21.1 Å². The second kappa shape index (κ2) is 16.3. The first-order valence-electron chi connectivity index (χ1n) is 4.55. The van der Waals surface area contributed by atoms with Crippen molar-refractivity contribution in [3.63, 3.8) is 0 Å². The van der Waals surface area contributed by atoms with Crippen LogP contribution in [0.15, 0.2) is 0 Å². The molecule has 0 heterocycles. The summed E-state index contributed by atoms with van der Waals surface area (Å²) in [6.07, 6.45) is -1.13. The summed E-state index contributed by atoms with van der Waals surface area (Å²) in [5, 5.41) is 19.2. The van der Waals surface area contributed by atoms with Crippen LogP contribution in [0.2, 0.25) is 0 Å². The topological polar surface area (TPSA) is 206 Å². The average molecular weight is 386 g/mol. The second-order valence-corrected chi connectivity index (χ2v) is 3.18. The van der Waals surface area contributed by atoms with Crippen LogP contribution >= 0.6 is 0 Å². The van der Waals surface area contributed by atoms with Crippen molar-refractivity contribution >= 4 is 35.1 Å². The molecular weight excluding hydrogens is 376 g/mol. The Bertz CT molecular complexity index is 363. The third-order valence-corrected chi connectivity index (χ3v) is 1.27. The molecule has 0 aromatic carbocycles. The molecule has 0 bridgehead atoms. The van der Waals surface area contributed by atoms with Crippen LogP contribution in [0, 0.1) is 0 Å². The van der Waals surface area contributed by atoms with E-state index in [2.05, 4.69) is 0 Å². The first-order valence-corrected chi connectivity index (χ1v) is 4.55. The summed E-state index contributed by atoms with van der Waals surface area (Å²) in [5.74, 6) is -6.87. The molecule has 0 unspecified atom stereocenters. The second-order valence-electron chi connectivity index (χ2n) is 3.18. The number of carboxylic acid groups (broad SMARTS) is 2. The minimum absolute atomic E-state index is 0. The zero-order valence-electron chi connectivity index (χ0n) is 10.9. The van der Waals surface area contributed by atoms with Crippen molar-refractivity contribution in [2.24, 2.45) is 0 Å². The minimum atomic E-state index is -1.80. The van der Waals surface area contributed by atoms with E-state index in [4.69, 9.17) is 0 Å². The fourth-order valence-electron chi connectivity index (χ4n) is 0.597. The number of carbonyl (C=O) groups is 6. The molecule has 0 radical (unpaired) electrons. The monoisotopic (exact) mass is 388 g/mol. The van der Waals surface area contributed by atoms with Crippen LogP contribution in [0.25, 0.3) is 0 Å². The van der Waals surface area contributed by atoms with Gasteiger partial charge in [-0.25, -0.2) is 0 Å². The summed E-state index contributed by atoms with van der Waals surface area (Å²) in [4.78, 5) is 59.5. The average Bonchev–Trinajstić information content (AvgIpc) is 2.16. The molecule has 0 aromatic heterocycles. The van der Waals surface area contributed by atoms with E-state index >= 15 is 0 Å². The van der Waals surface area contributed by atoms with E-state index in [0.29, 0.717) is 0 Å². The Balaban J connectivity index is -0.0000000711. The fourth-order valence-corrected chi connectivity index (χ4v) is 0.597. The van der Waals surface area contributed by atoms with Crippen molar-refractivity contribution in [2.75, 3.05) is 0 Å². The van der Waals surface area contributed by atoms with Crippen molar-refractivity contribution in [3.05, 3.63) is 0 Å². The molecule has 0 fully saturated rings. The first-order chi connectivity index (χ1) is 8.07. The van der Waals surface area contributed by atoms with Gasteiger partial charge in [0.25, 0.3) is 0 Å².